The quantitative estimate of drug-likeness (QED) is 0.662. The molecule has 0 saturated heterocycles. The average molecular weight is 394 g/mol. The van der Waals surface area contributed by atoms with Crippen LogP contribution in [-0.2, 0) is 13.0 Å². The van der Waals surface area contributed by atoms with Crippen LogP contribution in [0.2, 0.25) is 0 Å². The largest absolute Gasteiger partial charge is 0.356 e. The highest BCUT2D eigenvalue weighted by molar-refractivity contribution is 7.03. The number of anilines is 1. The molecule has 6 nitrogen and oxygen atoms in total. The van der Waals surface area contributed by atoms with E-state index in [-0.39, 0.29) is 18.3 Å². The van der Waals surface area contributed by atoms with E-state index in [2.05, 4.69) is 14.8 Å². The summed E-state index contributed by atoms with van der Waals surface area (Å²) in [6.07, 6.45) is 2.12. The van der Waals surface area contributed by atoms with Crippen LogP contribution in [0.3, 0.4) is 0 Å². The van der Waals surface area contributed by atoms with Gasteiger partial charge in [0.1, 0.15) is 0 Å². The molecule has 1 N–H and O–H groups in total. The molecule has 1 aliphatic heterocycles. The van der Waals surface area contributed by atoms with Crippen LogP contribution in [0.1, 0.15) is 18.2 Å². The lowest BCUT2D eigenvalue weighted by Crippen LogP contribution is -2.44. The van der Waals surface area contributed by atoms with Gasteiger partial charge >= 0.3 is 6.03 Å². The van der Waals surface area contributed by atoms with Crippen molar-refractivity contribution in [3.63, 3.8) is 0 Å². The van der Waals surface area contributed by atoms with Crippen molar-refractivity contribution in [3.8, 4) is 11.3 Å². The molecule has 4 rings (SSSR count). The number of hydrogen-bond donors (Lipinski definition) is 1. The monoisotopic (exact) mass is 394 g/mol. The molecule has 0 saturated carbocycles. The Morgan fingerprint density at radius 1 is 1.33 bits per heavy atom. The first-order chi connectivity index (χ1) is 12.9. The van der Waals surface area contributed by atoms with Gasteiger partial charge in [-0.15, -0.1) is 0 Å². The molecule has 2 aromatic heterocycles. The van der Waals surface area contributed by atoms with E-state index in [0.717, 1.165) is 29.0 Å². The maximum Gasteiger partial charge on any atom is 0.322 e. The fourth-order valence-electron chi connectivity index (χ4n) is 3.02. The summed E-state index contributed by atoms with van der Waals surface area (Å²) in [5.41, 5.74) is 2.12. The van der Waals surface area contributed by atoms with Gasteiger partial charge in [0.25, 0.3) is 0 Å². The first-order valence-corrected chi connectivity index (χ1v) is 8.87. The van der Waals surface area contributed by atoms with Crippen molar-refractivity contribution in [1.29, 1.82) is 0 Å². The lowest BCUT2D eigenvalue weighted by atomic mass is 9.99. The molecule has 140 valence electrons. The lowest BCUT2D eigenvalue weighted by Gasteiger charge is -2.32. The molecule has 1 atom stereocenters. The van der Waals surface area contributed by atoms with Crippen molar-refractivity contribution in [2.24, 2.45) is 0 Å². The Morgan fingerprint density at radius 2 is 2.07 bits per heavy atom. The number of fused-ring (bicyclic) bond motifs is 1. The summed E-state index contributed by atoms with van der Waals surface area (Å²) >= 11 is 1.27. The van der Waals surface area contributed by atoms with Crippen molar-refractivity contribution in [1.82, 2.24) is 14.4 Å². The highest BCUT2D eigenvalue weighted by Gasteiger charge is 2.32. The van der Waals surface area contributed by atoms with Crippen LogP contribution in [-0.4, -0.2) is 26.5 Å². The van der Waals surface area contributed by atoms with E-state index in [1.54, 1.807) is 6.20 Å². The molecule has 1 aromatic carbocycles. The number of carbonyl (C=O) groups excluding carboxylic acids is 1. The van der Waals surface area contributed by atoms with Crippen molar-refractivity contribution < 1.29 is 22.5 Å². The van der Waals surface area contributed by atoms with E-state index in [1.165, 1.54) is 16.4 Å². The third kappa shape index (κ3) is 3.16. The Morgan fingerprint density at radius 3 is 2.74 bits per heavy atom. The molecule has 0 spiro atoms. The van der Waals surface area contributed by atoms with Gasteiger partial charge in [0, 0.05) is 41.2 Å². The van der Waals surface area contributed by atoms with Crippen molar-refractivity contribution in [2.45, 2.75) is 25.9 Å². The molecule has 0 fully saturated rings. The zero-order valence-electron chi connectivity index (χ0n) is 14.0. The second kappa shape index (κ2) is 6.69. The summed E-state index contributed by atoms with van der Waals surface area (Å²) in [6.45, 7) is 2.04. The first-order valence-electron chi connectivity index (χ1n) is 8.03. The minimum Gasteiger partial charge on any atom is -0.356 e. The van der Waals surface area contributed by atoms with E-state index >= 15 is 0 Å². The van der Waals surface area contributed by atoms with Gasteiger partial charge in [-0.1, -0.05) is 5.16 Å². The number of halogens is 3. The van der Waals surface area contributed by atoms with Crippen molar-refractivity contribution in [3.05, 3.63) is 52.4 Å². The first kappa shape index (κ1) is 17.5. The fraction of sp³-hybridized carbons (Fsp3) is 0.235. The molecule has 0 unspecified atom stereocenters. The van der Waals surface area contributed by atoms with Crippen LogP contribution in [0.15, 0.2) is 28.2 Å². The van der Waals surface area contributed by atoms with Crippen molar-refractivity contribution in [2.75, 3.05) is 5.32 Å². The second-order valence-corrected chi connectivity index (χ2v) is 6.87. The smallest absolute Gasteiger partial charge is 0.322 e. The molecule has 0 bridgehead atoms. The summed E-state index contributed by atoms with van der Waals surface area (Å²) in [6, 6.07) is 0.691. The van der Waals surface area contributed by atoms with E-state index in [0.29, 0.717) is 12.2 Å². The summed E-state index contributed by atoms with van der Waals surface area (Å²) in [5.74, 6) is -3.78. The van der Waals surface area contributed by atoms with Gasteiger partial charge in [-0.25, -0.2) is 22.3 Å². The van der Waals surface area contributed by atoms with Gasteiger partial charge in [0.15, 0.2) is 23.2 Å². The SMILES string of the molecule is C[C@H]1Cc2noc(-c3cnsc3)c2CN1C(=O)Nc1cc(F)c(F)c(F)c1. The summed E-state index contributed by atoms with van der Waals surface area (Å²) < 4.78 is 49.3. The second-order valence-electron chi connectivity index (χ2n) is 6.22. The fourth-order valence-corrected chi connectivity index (χ4v) is 3.54. The Labute approximate surface area is 155 Å². The van der Waals surface area contributed by atoms with Gasteiger partial charge in [0.2, 0.25) is 0 Å². The molecule has 10 heteroatoms. The molecule has 0 aliphatic carbocycles. The molecule has 0 radical (unpaired) electrons. The molecular weight excluding hydrogens is 381 g/mol. The molecule has 1 aliphatic rings. The third-order valence-electron chi connectivity index (χ3n) is 4.41. The van der Waals surface area contributed by atoms with Crippen LogP contribution in [0, 0.1) is 17.5 Å². The Balaban J connectivity index is 1.58. The predicted molar refractivity (Wildman–Crippen MR) is 91.7 cm³/mol. The number of carbonyl (C=O) groups is 1. The number of urea groups is 1. The van der Waals surface area contributed by atoms with E-state index in [9.17, 15) is 18.0 Å². The molecular formula is C17H13F3N4O2S. The van der Waals surface area contributed by atoms with Crippen LogP contribution in [0.4, 0.5) is 23.7 Å². The number of benzene rings is 1. The predicted octanol–water partition coefficient (Wildman–Crippen LogP) is 4.19. The van der Waals surface area contributed by atoms with Gasteiger partial charge in [0.05, 0.1) is 24.0 Å². The zero-order valence-corrected chi connectivity index (χ0v) is 14.8. The molecule has 3 aromatic rings. The minimum atomic E-state index is -1.58. The summed E-state index contributed by atoms with van der Waals surface area (Å²) in [5, 5.41) is 8.30. The number of aromatic nitrogens is 2. The molecule has 2 amide bonds. The normalized spacial score (nSPS) is 16.3. The number of rotatable bonds is 2. The van der Waals surface area contributed by atoms with Crippen LogP contribution < -0.4 is 5.32 Å². The summed E-state index contributed by atoms with van der Waals surface area (Å²) in [4.78, 5) is 14.1. The maximum atomic E-state index is 13.4. The number of hydrogen-bond acceptors (Lipinski definition) is 5. The van der Waals surface area contributed by atoms with Crippen LogP contribution in [0.25, 0.3) is 11.3 Å². The Hall–Kier alpha value is -2.88. The molecule has 3 heterocycles. The third-order valence-corrected chi connectivity index (χ3v) is 5.00. The topological polar surface area (TPSA) is 71.3 Å². The van der Waals surface area contributed by atoms with E-state index < -0.39 is 23.5 Å². The highest BCUT2D eigenvalue weighted by atomic mass is 32.1. The van der Waals surface area contributed by atoms with Crippen LogP contribution in [0.5, 0.6) is 0 Å². The van der Waals surface area contributed by atoms with E-state index in [4.69, 9.17) is 4.52 Å². The average Bonchev–Trinajstić information content (AvgIpc) is 3.27. The number of nitrogens with one attached hydrogen (secondary N) is 1. The Kier molecular flexibility index (Phi) is 4.34. The standard InChI is InChI=1S/C17H13F3N4O2S/c1-8-2-14-11(16(26-23-14)9-5-21-27-7-9)6-24(8)17(25)22-10-3-12(18)15(20)13(19)4-10/h3-5,7-8H,2,6H2,1H3,(H,22,25)/t8-/m0/s1. The summed E-state index contributed by atoms with van der Waals surface area (Å²) in [7, 11) is 0. The van der Waals surface area contributed by atoms with Gasteiger partial charge in [-0.3, -0.25) is 0 Å². The minimum absolute atomic E-state index is 0.165. The van der Waals surface area contributed by atoms with Gasteiger partial charge in [-0.05, 0) is 18.5 Å². The van der Waals surface area contributed by atoms with Gasteiger partial charge in [-0.2, -0.15) is 0 Å². The van der Waals surface area contributed by atoms with Crippen LogP contribution >= 0.6 is 11.5 Å². The highest BCUT2D eigenvalue weighted by Crippen LogP contribution is 2.33. The number of amides is 2. The number of nitrogens with zero attached hydrogens (tertiary/aromatic N) is 3. The lowest BCUT2D eigenvalue weighted by molar-refractivity contribution is 0.182. The Bertz CT molecular complexity index is 983. The van der Waals surface area contributed by atoms with Gasteiger partial charge < -0.3 is 14.7 Å². The van der Waals surface area contributed by atoms with Crippen molar-refractivity contribution >= 4 is 23.3 Å². The maximum absolute atomic E-state index is 13.4. The molecule has 27 heavy (non-hydrogen) atoms. The van der Waals surface area contributed by atoms with E-state index in [1.807, 2.05) is 12.3 Å². The zero-order chi connectivity index (χ0) is 19.1.